The average molecular weight is 346 g/mol. The number of nitrogens with zero attached hydrogens (tertiary/aromatic N) is 3. The van der Waals surface area contributed by atoms with Gasteiger partial charge in [-0.25, -0.2) is 0 Å². The Balaban J connectivity index is 1.49. The molecule has 2 amide bonds. The van der Waals surface area contributed by atoms with E-state index >= 15 is 0 Å². The molecular weight excluding hydrogens is 320 g/mol. The second-order valence-corrected chi connectivity index (χ2v) is 6.57. The van der Waals surface area contributed by atoms with Gasteiger partial charge >= 0.3 is 0 Å². The van der Waals surface area contributed by atoms with Crippen molar-refractivity contribution in [3.63, 3.8) is 0 Å². The van der Waals surface area contributed by atoms with Crippen LogP contribution >= 0.6 is 0 Å². The highest BCUT2D eigenvalue weighted by molar-refractivity contribution is 5.93. The summed E-state index contributed by atoms with van der Waals surface area (Å²) in [5, 5.41) is 2.95. The lowest BCUT2D eigenvalue weighted by Crippen LogP contribution is -2.43. The first-order valence-electron chi connectivity index (χ1n) is 8.99. The summed E-state index contributed by atoms with van der Waals surface area (Å²) >= 11 is 0. The van der Waals surface area contributed by atoms with E-state index in [4.69, 9.17) is 4.74 Å². The molecule has 0 spiro atoms. The van der Waals surface area contributed by atoms with E-state index in [1.54, 1.807) is 6.20 Å². The summed E-state index contributed by atoms with van der Waals surface area (Å²) in [6, 6.07) is 3.57. The van der Waals surface area contributed by atoms with Crippen LogP contribution < -0.4 is 5.32 Å². The number of pyridine rings is 1. The van der Waals surface area contributed by atoms with Gasteiger partial charge in [0.1, 0.15) is 5.69 Å². The first-order valence-corrected chi connectivity index (χ1v) is 8.99. The Bertz CT molecular complexity index is 616. The summed E-state index contributed by atoms with van der Waals surface area (Å²) < 4.78 is 5.34. The minimum absolute atomic E-state index is 0.105. The normalized spacial score (nSPS) is 21.6. The topological polar surface area (TPSA) is 74.8 Å². The van der Waals surface area contributed by atoms with Crippen LogP contribution in [-0.2, 0) is 16.0 Å². The molecule has 1 N–H and O–H groups in total. The van der Waals surface area contributed by atoms with Crippen LogP contribution in [0.2, 0.25) is 0 Å². The molecule has 2 aliphatic rings. The van der Waals surface area contributed by atoms with Crippen molar-refractivity contribution in [3.05, 3.63) is 29.6 Å². The number of likely N-dealkylation sites (tertiary alicyclic amines) is 1. The predicted octanol–water partition coefficient (Wildman–Crippen LogP) is 0.307. The standard InChI is InChI=1S/C18H26N4O3/c1-2-14-3-4-19-16(11-14)18(24)20-15-12-17(23)22(13-15)6-5-21-7-9-25-10-8-21/h3-4,11,15H,2,5-10,12-13H2,1H3,(H,20,24)/t15-/m1/s1. The number of aryl methyl sites for hydroxylation is 1. The summed E-state index contributed by atoms with van der Waals surface area (Å²) in [6.07, 6.45) is 2.88. The van der Waals surface area contributed by atoms with Gasteiger partial charge in [0.25, 0.3) is 5.91 Å². The van der Waals surface area contributed by atoms with Crippen LogP contribution in [0.15, 0.2) is 18.3 Å². The van der Waals surface area contributed by atoms with Crippen molar-refractivity contribution in [2.24, 2.45) is 0 Å². The minimum Gasteiger partial charge on any atom is -0.379 e. The number of hydrogen-bond acceptors (Lipinski definition) is 5. The predicted molar refractivity (Wildman–Crippen MR) is 93.3 cm³/mol. The number of morpholine rings is 1. The number of carbonyl (C=O) groups excluding carboxylic acids is 2. The zero-order valence-corrected chi connectivity index (χ0v) is 14.7. The maximum atomic E-state index is 12.4. The number of aromatic nitrogens is 1. The summed E-state index contributed by atoms with van der Waals surface area (Å²) in [4.78, 5) is 32.8. The number of ether oxygens (including phenoxy) is 1. The molecule has 0 aromatic carbocycles. The van der Waals surface area contributed by atoms with Gasteiger partial charge in [0, 0.05) is 45.3 Å². The van der Waals surface area contributed by atoms with Crippen molar-refractivity contribution in [3.8, 4) is 0 Å². The molecule has 1 aromatic rings. The van der Waals surface area contributed by atoms with Crippen molar-refractivity contribution in [2.45, 2.75) is 25.8 Å². The molecule has 0 unspecified atom stereocenters. The first-order chi connectivity index (χ1) is 12.2. The van der Waals surface area contributed by atoms with E-state index in [1.807, 2.05) is 24.0 Å². The van der Waals surface area contributed by atoms with Crippen molar-refractivity contribution >= 4 is 11.8 Å². The van der Waals surface area contributed by atoms with Crippen molar-refractivity contribution in [2.75, 3.05) is 45.9 Å². The van der Waals surface area contributed by atoms with E-state index in [0.717, 1.165) is 44.8 Å². The smallest absolute Gasteiger partial charge is 0.270 e. The van der Waals surface area contributed by atoms with Crippen LogP contribution in [0.3, 0.4) is 0 Å². The molecule has 0 saturated carbocycles. The Morgan fingerprint density at radius 3 is 2.92 bits per heavy atom. The SMILES string of the molecule is CCc1ccnc(C(=O)N[C@@H]2CC(=O)N(CCN3CCOCC3)C2)c1. The lowest BCUT2D eigenvalue weighted by Gasteiger charge is -2.28. The molecule has 1 aromatic heterocycles. The van der Waals surface area contributed by atoms with Gasteiger partial charge in [0.05, 0.1) is 19.3 Å². The van der Waals surface area contributed by atoms with Gasteiger partial charge in [-0.05, 0) is 24.1 Å². The molecule has 0 aliphatic carbocycles. The number of amides is 2. The quantitative estimate of drug-likeness (QED) is 0.802. The fourth-order valence-electron chi connectivity index (χ4n) is 3.25. The molecule has 2 aliphatic heterocycles. The van der Waals surface area contributed by atoms with Gasteiger partial charge in [-0.3, -0.25) is 19.5 Å². The van der Waals surface area contributed by atoms with Gasteiger partial charge < -0.3 is 15.0 Å². The van der Waals surface area contributed by atoms with Gasteiger partial charge in [0.15, 0.2) is 0 Å². The number of nitrogens with one attached hydrogen (secondary N) is 1. The molecule has 2 fully saturated rings. The van der Waals surface area contributed by atoms with Crippen molar-refractivity contribution < 1.29 is 14.3 Å². The van der Waals surface area contributed by atoms with Crippen LogP contribution in [0.25, 0.3) is 0 Å². The van der Waals surface area contributed by atoms with E-state index in [0.29, 0.717) is 25.2 Å². The molecule has 3 rings (SSSR count). The van der Waals surface area contributed by atoms with Gasteiger partial charge in [0.2, 0.25) is 5.91 Å². The molecular formula is C18H26N4O3. The number of carbonyl (C=O) groups is 2. The molecule has 25 heavy (non-hydrogen) atoms. The molecule has 0 radical (unpaired) electrons. The van der Waals surface area contributed by atoms with Gasteiger partial charge in [-0.2, -0.15) is 0 Å². The van der Waals surface area contributed by atoms with E-state index < -0.39 is 0 Å². The Labute approximate surface area is 148 Å². The van der Waals surface area contributed by atoms with Gasteiger partial charge in [-0.1, -0.05) is 6.92 Å². The summed E-state index contributed by atoms with van der Waals surface area (Å²) in [7, 11) is 0. The Morgan fingerprint density at radius 1 is 1.36 bits per heavy atom. The largest absolute Gasteiger partial charge is 0.379 e. The lowest BCUT2D eigenvalue weighted by molar-refractivity contribution is -0.128. The van der Waals surface area contributed by atoms with Crippen LogP contribution in [0, 0.1) is 0 Å². The van der Waals surface area contributed by atoms with Gasteiger partial charge in [-0.15, -0.1) is 0 Å². The third-order valence-electron chi connectivity index (χ3n) is 4.80. The molecule has 3 heterocycles. The van der Waals surface area contributed by atoms with Crippen LogP contribution in [-0.4, -0.2) is 78.6 Å². The summed E-state index contributed by atoms with van der Waals surface area (Å²) in [5.74, 6) is -0.100. The number of hydrogen-bond donors (Lipinski definition) is 1. The van der Waals surface area contributed by atoms with E-state index in [2.05, 4.69) is 15.2 Å². The second-order valence-electron chi connectivity index (χ2n) is 6.57. The molecule has 7 heteroatoms. The number of rotatable bonds is 6. The molecule has 2 saturated heterocycles. The molecule has 1 atom stereocenters. The highest BCUT2D eigenvalue weighted by Gasteiger charge is 2.31. The fraction of sp³-hybridized carbons (Fsp3) is 0.611. The van der Waals surface area contributed by atoms with E-state index in [9.17, 15) is 9.59 Å². The molecule has 0 bridgehead atoms. The molecule has 136 valence electrons. The van der Waals surface area contributed by atoms with Crippen molar-refractivity contribution in [1.29, 1.82) is 0 Å². The third-order valence-corrected chi connectivity index (χ3v) is 4.80. The average Bonchev–Trinajstić information content (AvgIpc) is 3.00. The highest BCUT2D eigenvalue weighted by atomic mass is 16.5. The summed E-state index contributed by atoms with van der Waals surface area (Å²) in [5.41, 5.74) is 1.49. The minimum atomic E-state index is -0.205. The van der Waals surface area contributed by atoms with E-state index in [1.165, 1.54) is 0 Å². The Hall–Kier alpha value is -1.99. The second kappa shape index (κ2) is 8.40. The van der Waals surface area contributed by atoms with Crippen molar-refractivity contribution in [1.82, 2.24) is 20.1 Å². The van der Waals surface area contributed by atoms with Crippen LogP contribution in [0.1, 0.15) is 29.4 Å². The fourth-order valence-corrected chi connectivity index (χ4v) is 3.25. The zero-order chi connectivity index (χ0) is 17.6. The Morgan fingerprint density at radius 2 is 2.16 bits per heavy atom. The maximum Gasteiger partial charge on any atom is 0.270 e. The highest BCUT2D eigenvalue weighted by Crippen LogP contribution is 2.12. The molecule has 7 nitrogen and oxygen atoms in total. The maximum absolute atomic E-state index is 12.4. The summed E-state index contributed by atoms with van der Waals surface area (Å²) in [6.45, 7) is 7.53. The monoisotopic (exact) mass is 346 g/mol. The third kappa shape index (κ3) is 4.76. The van der Waals surface area contributed by atoms with Crippen LogP contribution in [0.5, 0.6) is 0 Å². The lowest BCUT2D eigenvalue weighted by atomic mass is 10.1. The first kappa shape index (κ1) is 17.8. The van der Waals surface area contributed by atoms with Crippen LogP contribution in [0.4, 0.5) is 0 Å². The Kier molecular flexibility index (Phi) is 5.99. The van der Waals surface area contributed by atoms with E-state index in [-0.39, 0.29) is 17.9 Å². The zero-order valence-electron chi connectivity index (χ0n) is 14.7.